The van der Waals surface area contributed by atoms with Gasteiger partial charge in [0.25, 0.3) is 20.2 Å². The fraction of sp³-hybridized carbons (Fsp3) is 0.333. The predicted octanol–water partition coefficient (Wildman–Crippen LogP) is 2.42. The average molecular weight is 371 g/mol. The van der Waals surface area contributed by atoms with Crippen LogP contribution in [0.4, 0.5) is 5.69 Å². The second kappa shape index (κ2) is 4.92. The molecule has 24 heavy (non-hydrogen) atoms. The van der Waals surface area contributed by atoms with Gasteiger partial charge >= 0.3 is 0 Å². The Morgan fingerprint density at radius 1 is 1.00 bits per heavy atom. The molecule has 7 nitrogen and oxygen atoms in total. The first-order chi connectivity index (χ1) is 10.8. The van der Waals surface area contributed by atoms with Crippen molar-refractivity contribution in [1.29, 1.82) is 0 Å². The summed E-state index contributed by atoms with van der Waals surface area (Å²) in [4.78, 5) is -1.13. The lowest BCUT2D eigenvalue weighted by Gasteiger charge is -2.25. The minimum absolute atomic E-state index is 0.0293. The van der Waals surface area contributed by atoms with Crippen LogP contribution in [0.5, 0.6) is 0 Å². The molecule has 130 valence electrons. The van der Waals surface area contributed by atoms with Gasteiger partial charge in [-0.1, -0.05) is 19.9 Å². The molecule has 2 aromatic carbocycles. The fourth-order valence-corrected chi connectivity index (χ4v) is 4.52. The van der Waals surface area contributed by atoms with E-state index in [9.17, 15) is 25.9 Å². The molecule has 2 aromatic rings. The van der Waals surface area contributed by atoms with Gasteiger partial charge in [-0.3, -0.25) is 9.11 Å². The van der Waals surface area contributed by atoms with E-state index in [1.165, 1.54) is 12.1 Å². The smallest absolute Gasteiger partial charge is 0.295 e. The molecule has 1 heterocycles. The van der Waals surface area contributed by atoms with Gasteiger partial charge in [0.2, 0.25) is 0 Å². The second-order valence-corrected chi connectivity index (χ2v) is 9.35. The lowest BCUT2D eigenvalue weighted by atomic mass is 9.79. The van der Waals surface area contributed by atoms with Gasteiger partial charge in [-0.15, -0.1) is 0 Å². The third-order valence-corrected chi connectivity index (χ3v) is 6.47. The number of anilines is 1. The van der Waals surface area contributed by atoms with Gasteiger partial charge in [-0.05, 0) is 36.1 Å². The van der Waals surface area contributed by atoms with Crippen LogP contribution in [-0.2, 0) is 25.7 Å². The summed E-state index contributed by atoms with van der Waals surface area (Å²) in [5.74, 6) is 0. The zero-order valence-electron chi connectivity index (χ0n) is 13.2. The summed E-state index contributed by atoms with van der Waals surface area (Å²) in [5.41, 5.74) is 1.08. The van der Waals surface area contributed by atoms with E-state index in [1.54, 1.807) is 6.07 Å². The number of hydrogen-bond acceptors (Lipinski definition) is 5. The topological polar surface area (TPSA) is 121 Å². The Hall–Kier alpha value is -1.68. The monoisotopic (exact) mass is 371 g/mol. The maximum Gasteiger partial charge on any atom is 0.295 e. The molecule has 0 amide bonds. The highest BCUT2D eigenvalue weighted by Gasteiger charge is 2.38. The maximum absolute atomic E-state index is 11.7. The summed E-state index contributed by atoms with van der Waals surface area (Å²) in [5, 5.41) is 3.83. The van der Waals surface area contributed by atoms with Crippen molar-refractivity contribution >= 4 is 36.7 Å². The largest absolute Gasteiger partial charge is 0.381 e. The molecule has 3 rings (SSSR count). The fourth-order valence-electron chi connectivity index (χ4n) is 3.18. The molecule has 0 aliphatic carbocycles. The van der Waals surface area contributed by atoms with E-state index in [0.717, 1.165) is 17.3 Å². The first-order valence-electron chi connectivity index (χ1n) is 7.16. The zero-order chi connectivity index (χ0) is 18.1. The number of fused-ring (bicyclic) bond motifs is 3. The van der Waals surface area contributed by atoms with Crippen LogP contribution in [0.3, 0.4) is 0 Å². The average Bonchev–Trinajstić information content (AvgIpc) is 2.66. The molecule has 0 spiro atoms. The van der Waals surface area contributed by atoms with Crippen LogP contribution >= 0.6 is 0 Å². The van der Waals surface area contributed by atoms with Crippen molar-refractivity contribution in [3.63, 3.8) is 0 Å². The van der Waals surface area contributed by atoms with Crippen LogP contribution in [0, 0.1) is 0 Å². The van der Waals surface area contributed by atoms with E-state index < -0.39 is 35.4 Å². The Kier molecular flexibility index (Phi) is 3.51. The zero-order valence-corrected chi connectivity index (χ0v) is 14.9. The molecule has 1 aliphatic heterocycles. The Morgan fingerprint density at radius 3 is 2.17 bits per heavy atom. The van der Waals surface area contributed by atoms with Gasteiger partial charge in [0.15, 0.2) is 0 Å². The maximum atomic E-state index is 11.7. The van der Waals surface area contributed by atoms with E-state index >= 15 is 0 Å². The summed E-state index contributed by atoms with van der Waals surface area (Å²) in [6, 6.07) is 5.23. The van der Waals surface area contributed by atoms with Crippen LogP contribution in [0.1, 0.15) is 26.3 Å². The number of benzene rings is 2. The van der Waals surface area contributed by atoms with E-state index in [-0.39, 0.29) is 11.4 Å². The molecule has 3 N–H and O–H groups in total. The molecule has 0 saturated carbocycles. The van der Waals surface area contributed by atoms with Gasteiger partial charge in [0.05, 0.1) is 4.90 Å². The molecule has 1 atom stereocenters. The molecule has 0 bridgehead atoms. The van der Waals surface area contributed by atoms with Gasteiger partial charge in [-0.2, -0.15) is 16.8 Å². The summed E-state index contributed by atoms with van der Waals surface area (Å²) in [6.45, 7) is 5.86. The van der Waals surface area contributed by atoms with E-state index in [1.807, 2.05) is 20.8 Å². The van der Waals surface area contributed by atoms with Crippen LogP contribution in [0.15, 0.2) is 34.1 Å². The van der Waals surface area contributed by atoms with Gasteiger partial charge in [0, 0.05) is 22.5 Å². The van der Waals surface area contributed by atoms with Crippen LogP contribution in [0.25, 0.3) is 10.8 Å². The molecule has 1 aliphatic rings. The third-order valence-electron chi connectivity index (χ3n) is 4.75. The van der Waals surface area contributed by atoms with Crippen molar-refractivity contribution in [3.05, 3.63) is 29.8 Å². The standard InChI is InChI=1S/C15H17NO6S2/c1-8-15(2,3)14-11-6-9(23(17,18)19)7-13(24(20,21)22)10(11)4-5-12(14)16-8/h4-8,16H,1-3H3,(H,17,18,19)(H,20,21,22). The Bertz CT molecular complexity index is 1070. The van der Waals surface area contributed by atoms with Crippen LogP contribution in [0.2, 0.25) is 0 Å². The van der Waals surface area contributed by atoms with Crippen molar-refractivity contribution in [1.82, 2.24) is 0 Å². The van der Waals surface area contributed by atoms with E-state index in [2.05, 4.69) is 5.32 Å². The summed E-state index contributed by atoms with van der Waals surface area (Å²) in [7, 11) is -9.32. The highest BCUT2D eigenvalue weighted by atomic mass is 32.2. The molecule has 0 saturated heterocycles. The summed E-state index contributed by atoms with van der Waals surface area (Å²) < 4.78 is 65.4. The van der Waals surface area contributed by atoms with Crippen molar-refractivity contribution in [2.45, 2.75) is 42.0 Å². The molecular formula is C15H17NO6S2. The summed E-state index contributed by atoms with van der Waals surface area (Å²) >= 11 is 0. The normalized spacial score (nSPS) is 20.0. The van der Waals surface area contributed by atoms with Gasteiger partial charge in [-0.25, -0.2) is 0 Å². The first-order valence-corrected chi connectivity index (χ1v) is 10.0. The van der Waals surface area contributed by atoms with Crippen molar-refractivity contribution < 1.29 is 25.9 Å². The number of nitrogens with one attached hydrogen (secondary N) is 1. The first kappa shape index (κ1) is 17.2. The molecule has 0 aromatic heterocycles. The van der Waals surface area contributed by atoms with Crippen LogP contribution < -0.4 is 5.32 Å². The van der Waals surface area contributed by atoms with Crippen molar-refractivity contribution in [2.24, 2.45) is 0 Å². The molecule has 0 radical (unpaired) electrons. The SMILES string of the molecule is CC1Nc2ccc3c(S(=O)(=O)O)cc(S(=O)(=O)O)cc3c2C1(C)C. The van der Waals surface area contributed by atoms with Crippen molar-refractivity contribution in [2.75, 3.05) is 5.32 Å². The van der Waals surface area contributed by atoms with Crippen LogP contribution in [-0.4, -0.2) is 32.0 Å². The summed E-state index contributed by atoms with van der Waals surface area (Å²) in [6.07, 6.45) is 0. The van der Waals surface area contributed by atoms with Gasteiger partial charge in [0.1, 0.15) is 4.90 Å². The lowest BCUT2D eigenvalue weighted by Crippen LogP contribution is -2.30. The molecular weight excluding hydrogens is 354 g/mol. The Labute approximate surface area is 140 Å². The molecule has 1 unspecified atom stereocenters. The van der Waals surface area contributed by atoms with Crippen molar-refractivity contribution in [3.8, 4) is 0 Å². The minimum atomic E-state index is -4.68. The quantitative estimate of drug-likeness (QED) is 0.693. The number of hydrogen-bond donors (Lipinski definition) is 3. The van der Waals surface area contributed by atoms with E-state index in [4.69, 9.17) is 0 Å². The number of rotatable bonds is 2. The molecule has 0 fully saturated rings. The second-order valence-electron chi connectivity index (χ2n) is 6.54. The minimum Gasteiger partial charge on any atom is -0.381 e. The van der Waals surface area contributed by atoms with E-state index in [0.29, 0.717) is 5.39 Å². The highest BCUT2D eigenvalue weighted by molar-refractivity contribution is 7.86. The molecule has 9 heteroatoms. The Balaban J connectivity index is 2.55. The Morgan fingerprint density at radius 2 is 1.62 bits per heavy atom. The third kappa shape index (κ3) is 2.48. The lowest BCUT2D eigenvalue weighted by molar-refractivity contribution is 0.481. The van der Waals surface area contributed by atoms with Gasteiger partial charge < -0.3 is 5.32 Å². The predicted molar refractivity (Wildman–Crippen MR) is 89.7 cm³/mol. The highest BCUT2D eigenvalue weighted by Crippen LogP contribution is 2.46.